The van der Waals surface area contributed by atoms with Crippen molar-refractivity contribution in [3.63, 3.8) is 0 Å². The minimum absolute atomic E-state index is 0.00597. The monoisotopic (exact) mass is 305 g/mol. The maximum Gasteiger partial charge on any atom is 0.320 e. The summed E-state index contributed by atoms with van der Waals surface area (Å²) in [5.41, 5.74) is 0. The molecule has 116 valence electrons. The van der Waals surface area contributed by atoms with Crippen molar-refractivity contribution < 1.29 is 19.0 Å². The van der Waals surface area contributed by atoms with Gasteiger partial charge in [-0.25, -0.2) is 14.2 Å². The average Bonchev–Trinajstić information content (AvgIpc) is 2.52. The van der Waals surface area contributed by atoms with Gasteiger partial charge in [0.1, 0.15) is 30.1 Å². The van der Waals surface area contributed by atoms with Crippen molar-refractivity contribution >= 4 is 11.8 Å². The highest BCUT2D eigenvalue weighted by Gasteiger charge is 2.08. The van der Waals surface area contributed by atoms with Crippen LogP contribution in [-0.2, 0) is 0 Å². The first-order valence-electron chi connectivity index (χ1n) is 6.66. The fraction of sp³-hybridized carbons (Fsp3) is 0.200. The summed E-state index contributed by atoms with van der Waals surface area (Å²) in [7, 11) is 0. The van der Waals surface area contributed by atoms with Crippen LogP contribution in [0.2, 0.25) is 0 Å². The van der Waals surface area contributed by atoms with Gasteiger partial charge in [0, 0.05) is 18.8 Å². The number of hydrogen-bond donors (Lipinski definition) is 3. The number of halogens is 1. The number of anilines is 1. The number of rotatable bonds is 6. The molecule has 3 N–H and O–H groups in total. The number of aliphatic hydroxyl groups excluding tert-OH is 1. The van der Waals surface area contributed by atoms with Crippen LogP contribution in [0, 0.1) is 5.82 Å². The Morgan fingerprint density at radius 3 is 2.91 bits per heavy atom. The van der Waals surface area contributed by atoms with Crippen LogP contribution in [-0.4, -0.2) is 35.4 Å². The summed E-state index contributed by atoms with van der Waals surface area (Å²) in [5.74, 6) is 0.308. The molecule has 0 unspecified atom stereocenters. The van der Waals surface area contributed by atoms with E-state index in [1.54, 1.807) is 30.5 Å². The van der Waals surface area contributed by atoms with Crippen molar-refractivity contribution in [1.82, 2.24) is 10.3 Å². The molecule has 0 saturated carbocycles. The van der Waals surface area contributed by atoms with Gasteiger partial charge in [-0.3, -0.25) is 5.32 Å². The Morgan fingerprint density at radius 2 is 2.18 bits per heavy atom. The first-order chi connectivity index (χ1) is 10.6. The van der Waals surface area contributed by atoms with Crippen LogP contribution in [0.1, 0.15) is 0 Å². The highest BCUT2D eigenvalue weighted by Crippen LogP contribution is 2.11. The van der Waals surface area contributed by atoms with Gasteiger partial charge in [-0.05, 0) is 24.3 Å². The van der Waals surface area contributed by atoms with Crippen LogP contribution in [0.4, 0.5) is 15.0 Å². The van der Waals surface area contributed by atoms with E-state index < -0.39 is 18.0 Å². The fourth-order valence-corrected chi connectivity index (χ4v) is 1.62. The molecule has 0 aliphatic carbocycles. The van der Waals surface area contributed by atoms with E-state index in [0.717, 1.165) is 0 Å². The lowest BCUT2D eigenvalue weighted by Gasteiger charge is -2.13. The van der Waals surface area contributed by atoms with Gasteiger partial charge < -0.3 is 15.2 Å². The first kappa shape index (κ1) is 15.7. The number of pyridine rings is 1. The summed E-state index contributed by atoms with van der Waals surface area (Å²) in [4.78, 5) is 15.5. The third-order valence-corrected chi connectivity index (χ3v) is 2.64. The Kier molecular flexibility index (Phi) is 5.67. The van der Waals surface area contributed by atoms with E-state index in [1.807, 2.05) is 0 Å². The second-order valence-corrected chi connectivity index (χ2v) is 4.47. The van der Waals surface area contributed by atoms with E-state index in [0.29, 0.717) is 11.6 Å². The number of benzene rings is 1. The number of ether oxygens (including phenoxy) is 1. The quantitative estimate of drug-likeness (QED) is 0.759. The lowest BCUT2D eigenvalue weighted by atomic mass is 10.3. The number of carbonyl (C=O) groups excluding carboxylic acids is 1. The third kappa shape index (κ3) is 5.37. The maximum absolute atomic E-state index is 12.9. The topological polar surface area (TPSA) is 83.5 Å². The van der Waals surface area contributed by atoms with Crippen LogP contribution >= 0.6 is 0 Å². The van der Waals surface area contributed by atoms with Crippen molar-refractivity contribution in [2.45, 2.75) is 6.10 Å². The van der Waals surface area contributed by atoms with E-state index in [2.05, 4.69) is 15.6 Å². The van der Waals surface area contributed by atoms with Gasteiger partial charge in [-0.2, -0.15) is 0 Å². The van der Waals surface area contributed by atoms with E-state index in [-0.39, 0.29) is 13.2 Å². The summed E-state index contributed by atoms with van der Waals surface area (Å²) in [6.45, 7) is -0.0682. The SMILES string of the molecule is O=C(NC[C@H](O)COc1cccc(F)c1)Nc1ccccn1. The second-order valence-electron chi connectivity index (χ2n) is 4.47. The minimum atomic E-state index is -0.919. The van der Waals surface area contributed by atoms with Crippen LogP contribution in [0.5, 0.6) is 5.75 Å². The zero-order chi connectivity index (χ0) is 15.8. The summed E-state index contributed by atoms with van der Waals surface area (Å²) in [6.07, 6.45) is 0.634. The van der Waals surface area contributed by atoms with Crippen molar-refractivity contribution in [1.29, 1.82) is 0 Å². The smallest absolute Gasteiger partial charge is 0.320 e. The summed E-state index contributed by atoms with van der Waals surface area (Å²) in [6, 6.07) is 10.2. The standard InChI is InChI=1S/C15H16FN3O3/c16-11-4-3-5-13(8-11)22-10-12(20)9-18-15(21)19-14-6-1-2-7-17-14/h1-8,12,20H,9-10H2,(H2,17,18,19,21)/t12-/m0/s1. The van der Waals surface area contributed by atoms with Gasteiger partial charge in [-0.1, -0.05) is 12.1 Å². The first-order valence-corrected chi connectivity index (χ1v) is 6.66. The predicted octanol–water partition coefficient (Wildman–Crippen LogP) is 1.78. The molecule has 6 nitrogen and oxygen atoms in total. The maximum atomic E-state index is 12.9. The number of carbonyl (C=O) groups is 1. The molecule has 0 aliphatic heterocycles. The van der Waals surface area contributed by atoms with Crippen LogP contribution in [0.25, 0.3) is 0 Å². The molecule has 22 heavy (non-hydrogen) atoms. The molecule has 1 aromatic heterocycles. The Bertz CT molecular complexity index is 610. The number of aromatic nitrogens is 1. The highest BCUT2D eigenvalue weighted by atomic mass is 19.1. The van der Waals surface area contributed by atoms with Gasteiger partial charge >= 0.3 is 6.03 Å². The van der Waals surface area contributed by atoms with Gasteiger partial charge in [0.05, 0.1) is 0 Å². The molecular formula is C15H16FN3O3. The van der Waals surface area contributed by atoms with E-state index in [4.69, 9.17) is 4.74 Å². The summed E-state index contributed by atoms with van der Waals surface area (Å²) >= 11 is 0. The van der Waals surface area contributed by atoms with E-state index >= 15 is 0 Å². The van der Waals surface area contributed by atoms with Crippen molar-refractivity contribution in [2.75, 3.05) is 18.5 Å². The molecule has 1 heterocycles. The molecule has 2 amide bonds. The number of urea groups is 1. The van der Waals surface area contributed by atoms with Crippen LogP contribution in [0.15, 0.2) is 48.7 Å². The third-order valence-electron chi connectivity index (χ3n) is 2.64. The molecule has 2 rings (SSSR count). The number of hydrogen-bond acceptors (Lipinski definition) is 4. The number of amides is 2. The Balaban J connectivity index is 1.69. The summed E-state index contributed by atoms with van der Waals surface area (Å²) in [5, 5.41) is 14.7. The zero-order valence-corrected chi connectivity index (χ0v) is 11.7. The predicted molar refractivity (Wildman–Crippen MR) is 79.2 cm³/mol. The number of nitrogens with one attached hydrogen (secondary N) is 2. The summed E-state index contributed by atoms with van der Waals surface area (Å²) < 4.78 is 18.2. The highest BCUT2D eigenvalue weighted by molar-refractivity contribution is 5.88. The average molecular weight is 305 g/mol. The molecule has 0 bridgehead atoms. The van der Waals surface area contributed by atoms with E-state index in [1.165, 1.54) is 18.2 Å². The van der Waals surface area contributed by atoms with Gasteiger partial charge in [-0.15, -0.1) is 0 Å². The molecule has 0 radical (unpaired) electrons. The minimum Gasteiger partial charge on any atom is -0.491 e. The Hall–Kier alpha value is -2.67. The lowest BCUT2D eigenvalue weighted by Crippen LogP contribution is -2.37. The molecular weight excluding hydrogens is 289 g/mol. The molecule has 0 spiro atoms. The van der Waals surface area contributed by atoms with E-state index in [9.17, 15) is 14.3 Å². The van der Waals surface area contributed by atoms with Crippen molar-refractivity contribution in [3.8, 4) is 5.75 Å². The zero-order valence-electron chi connectivity index (χ0n) is 11.7. The molecule has 2 aromatic rings. The van der Waals surface area contributed by atoms with Crippen molar-refractivity contribution in [2.24, 2.45) is 0 Å². The Morgan fingerprint density at radius 1 is 1.32 bits per heavy atom. The fourth-order valence-electron chi connectivity index (χ4n) is 1.62. The number of nitrogens with zero attached hydrogens (tertiary/aromatic N) is 1. The second kappa shape index (κ2) is 7.94. The number of aliphatic hydroxyl groups is 1. The van der Waals surface area contributed by atoms with Crippen LogP contribution in [0.3, 0.4) is 0 Å². The molecule has 0 aliphatic rings. The van der Waals surface area contributed by atoms with Gasteiger partial charge in [0.2, 0.25) is 0 Å². The van der Waals surface area contributed by atoms with Gasteiger partial charge in [0.25, 0.3) is 0 Å². The lowest BCUT2D eigenvalue weighted by molar-refractivity contribution is 0.108. The normalized spacial score (nSPS) is 11.5. The molecule has 0 saturated heterocycles. The van der Waals surface area contributed by atoms with Crippen LogP contribution < -0.4 is 15.4 Å². The molecule has 1 atom stereocenters. The van der Waals surface area contributed by atoms with Gasteiger partial charge in [0.15, 0.2) is 0 Å². The molecule has 1 aromatic carbocycles. The largest absolute Gasteiger partial charge is 0.491 e. The Labute approximate surface area is 127 Å². The van der Waals surface area contributed by atoms with Crippen molar-refractivity contribution in [3.05, 3.63) is 54.5 Å². The molecule has 7 heteroatoms. The molecule has 0 fully saturated rings.